The predicted octanol–water partition coefficient (Wildman–Crippen LogP) is 4.24. The van der Waals surface area contributed by atoms with Crippen molar-refractivity contribution in [2.24, 2.45) is 0 Å². The summed E-state index contributed by atoms with van der Waals surface area (Å²) in [4.78, 5) is 14.5. The van der Waals surface area contributed by atoms with E-state index < -0.39 is 0 Å². The van der Waals surface area contributed by atoms with Gasteiger partial charge in [0.15, 0.2) is 0 Å². The Bertz CT molecular complexity index is 699. The van der Waals surface area contributed by atoms with Crippen LogP contribution in [0.2, 0.25) is 0 Å². The number of nitrogens with one attached hydrogen (secondary N) is 1. The van der Waals surface area contributed by atoms with Gasteiger partial charge in [-0.2, -0.15) is 0 Å². The Morgan fingerprint density at radius 1 is 1.12 bits per heavy atom. The Balaban J connectivity index is 1.48. The largest absolute Gasteiger partial charge is 0.367 e. The minimum Gasteiger partial charge on any atom is -0.367 e. The van der Waals surface area contributed by atoms with E-state index in [9.17, 15) is 0 Å². The Labute approximate surface area is 148 Å². The minimum absolute atomic E-state index is 0.562. The summed E-state index contributed by atoms with van der Waals surface area (Å²) >= 11 is 1.88. The number of aromatic nitrogens is 2. The van der Waals surface area contributed by atoms with Crippen LogP contribution in [0.5, 0.6) is 0 Å². The highest BCUT2D eigenvalue weighted by molar-refractivity contribution is 7.19. The van der Waals surface area contributed by atoms with Crippen molar-refractivity contribution < 1.29 is 0 Å². The molecular formula is C19H28N4S. The van der Waals surface area contributed by atoms with Crippen molar-refractivity contribution in [3.8, 4) is 0 Å². The Hall–Kier alpha value is -1.20. The molecule has 2 aliphatic carbocycles. The molecule has 0 aromatic carbocycles. The van der Waals surface area contributed by atoms with E-state index in [2.05, 4.69) is 34.0 Å². The smallest absolute Gasteiger partial charge is 0.138 e. The van der Waals surface area contributed by atoms with Crippen molar-refractivity contribution in [3.05, 3.63) is 16.8 Å². The van der Waals surface area contributed by atoms with Crippen molar-refractivity contribution >= 4 is 27.4 Å². The number of fused-ring (bicyclic) bond motifs is 3. The lowest BCUT2D eigenvalue weighted by Crippen LogP contribution is -2.40. The fourth-order valence-electron chi connectivity index (χ4n) is 4.56. The highest BCUT2D eigenvalue weighted by Crippen LogP contribution is 2.39. The quantitative estimate of drug-likeness (QED) is 0.880. The molecule has 2 aliphatic rings. The molecule has 0 saturated heterocycles. The maximum Gasteiger partial charge on any atom is 0.138 e. The van der Waals surface area contributed by atoms with Gasteiger partial charge in [-0.15, -0.1) is 11.3 Å². The third-order valence-electron chi connectivity index (χ3n) is 5.87. The van der Waals surface area contributed by atoms with Crippen molar-refractivity contribution in [2.75, 3.05) is 18.4 Å². The number of anilines is 1. The summed E-state index contributed by atoms with van der Waals surface area (Å²) in [7, 11) is 0. The first kappa shape index (κ1) is 16.3. The molecule has 0 atom stereocenters. The summed E-state index contributed by atoms with van der Waals surface area (Å²) in [5.41, 5.74) is 1.52. The van der Waals surface area contributed by atoms with Crippen molar-refractivity contribution in [2.45, 2.75) is 70.9 Å². The minimum atomic E-state index is 0.562. The molecule has 0 aliphatic heterocycles. The lowest BCUT2D eigenvalue weighted by Gasteiger charge is -2.36. The van der Waals surface area contributed by atoms with E-state index in [0.717, 1.165) is 11.9 Å². The van der Waals surface area contributed by atoms with Gasteiger partial charge in [0.25, 0.3) is 0 Å². The molecule has 1 saturated carbocycles. The molecule has 0 radical (unpaired) electrons. The van der Waals surface area contributed by atoms with E-state index in [1.807, 2.05) is 11.3 Å². The zero-order valence-electron chi connectivity index (χ0n) is 14.8. The molecule has 2 aromatic rings. The number of thiophene rings is 1. The molecule has 0 unspecified atom stereocenters. The average molecular weight is 345 g/mol. The summed E-state index contributed by atoms with van der Waals surface area (Å²) in [5, 5.41) is 5.09. The molecule has 1 N–H and O–H groups in total. The number of rotatable bonds is 5. The Kier molecular flexibility index (Phi) is 4.72. The number of nitrogens with zero attached hydrogens (tertiary/aromatic N) is 3. The molecule has 130 valence electrons. The van der Waals surface area contributed by atoms with Crippen LogP contribution in [0.15, 0.2) is 6.33 Å². The fourth-order valence-corrected chi connectivity index (χ4v) is 5.79. The highest BCUT2D eigenvalue weighted by atomic mass is 32.1. The zero-order chi connectivity index (χ0) is 16.5. The zero-order valence-corrected chi connectivity index (χ0v) is 15.7. The third kappa shape index (κ3) is 2.93. The average Bonchev–Trinajstić information content (AvgIpc) is 3.18. The second kappa shape index (κ2) is 6.96. The van der Waals surface area contributed by atoms with Crippen molar-refractivity contribution in [3.63, 3.8) is 0 Å². The molecule has 1 fully saturated rings. The van der Waals surface area contributed by atoms with Gasteiger partial charge < -0.3 is 10.2 Å². The van der Waals surface area contributed by atoms with E-state index in [1.54, 1.807) is 11.2 Å². The van der Waals surface area contributed by atoms with Gasteiger partial charge in [-0.05, 0) is 63.6 Å². The first-order chi connectivity index (χ1) is 11.8. The summed E-state index contributed by atoms with van der Waals surface area (Å²) in [6.07, 6.45) is 10.6. The molecule has 0 amide bonds. The first-order valence-electron chi connectivity index (χ1n) is 9.56. The maximum absolute atomic E-state index is 4.61. The molecule has 4 rings (SSSR count). The van der Waals surface area contributed by atoms with Gasteiger partial charge in [0.05, 0.1) is 5.39 Å². The van der Waals surface area contributed by atoms with Gasteiger partial charge >= 0.3 is 0 Å². The Morgan fingerprint density at radius 3 is 2.67 bits per heavy atom. The number of aryl methyl sites for hydroxylation is 2. The lowest BCUT2D eigenvalue weighted by atomic mass is 9.90. The molecular weight excluding hydrogens is 316 g/mol. The van der Waals surface area contributed by atoms with Crippen molar-refractivity contribution in [1.29, 1.82) is 0 Å². The summed E-state index contributed by atoms with van der Waals surface area (Å²) < 4.78 is 0. The second-order valence-electron chi connectivity index (χ2n) is 7.13. The van der Waals surface area contributed by atoms with E-state index in [4.69, 9.17) is 0 Å². The van der Waals surface area contributed by atoms with Gasteiger partial charge in [-0.25, -0.2) is 9.97 Å². The van der Waals surface area contributed by atoms with Crippen LogP contribution in [-0.4, -0.2) is 40.0 Å². The normalized spacial score (nSPS) is 23.8. The van der Waals surface area contributed by atoms with Crippen LogP contribution in [0, 0.1) is 0 Å². The van der Waals surface area contributed by atoms with Crippen LogP contribution >= 0.6 is 11.3 Å². The van der Waals surface area contributed by atoms with E-state index in [0.29, 0.717) is 6.04 Å². The number of hydrogen-bond acceptors (Lipinski definition) is 5. The van der Waals surface area contributed by atoms with Gasteiger partial charge in [-0.3, -0.25) is 0 Å². The summed E-state index contributed by atoms with van der Waals surface area (Å²) in [6.45, 7) is 6.91. The third-order valence-corrected chi connectivity index (χ3v) is 7.07. The van der Waals surface area contributed by atoms with Crippen LogP contribution in [0.1, 0.15) is 56.4 Å². The SMILES string of the molecule is CCN(CC)[C@H]1CC[C@H](Nc2ncnc3sc4c(c23)CCC4)CC1. The summed E-state index contributed by atoms with van der Waals surface area (Å²) in [6, 6.07) is 1.33. The van der Waals surface area contributed by atoms with E-state index in [1.165, 1.54) is 73.8 Å². The topological polar surface area (TPSA) is 41.0 Å². The molecule has 2 heterocycles. The lowest BCUT2D eigenvalue weighted by molar-refractivity contribution is 0.167. The predicted molar refractivity (Wildman–Crippen MR) is 102 cm³/mol. The van der Waals surface area contributed by atoms with Gasteiger partial charge in [0.1, 0.15) is 17.0 Å². The van der Waals surface area contributed by atoms with Crippen molar-refractivity contribution in [1.82, 2.24) is 14.9 Å². The molecule has 4 nitrogen and oxygen atoms in total. The monoisotopic (exact) mass is 344 g/mol. The van der Waals surface area contributed by atoms with E-state index >= 15 is 0 Å². The molecule has 0 spiro atoms. The fraction of sp³-hybridized carbons (Fsp3) is 0.684. The van der Waals surface area contributed by atoms with Crippen LogP contribution in [-0.2, 0) is 12.8 Å². The summed E-state index contributed by atoms with van der Waals surface area (Å²) in [5.74, 6) is 1.09. The molecule has 2 aromatic heterocycles. The van der Waals surface area contributed by atoms with E-state index in [-0.39, 0.29) is 0 Å². The first-order valence-corrected chi connectivity index (χ1v) is 10.4. The molecule has 24 heavy (non-hydrogen) atoms. The second-order valence-corrected chi connectivity index (χ2v) is 8.21. The maximum atomic E-state index is 4.61. The van der Waals surface area contributed by atoms with Crippen LogP contribution in [0.25, 0.3) is 10.2 Å². The van der Waals surface area contributed by atoms with Gasteiger partial charge in [0.2, 0.25) is 0 Å². The highest BCUT2D eigenvalue weighted by Gasteiger charge is 2.26. The van der Waals surface area contributed by atoms with Crippen LogP contribution < -0.4 is 5.32 Å². The van der Waals surface area contributed by atoms with Crippen LogP contribution in [0.3, 0.4) is 0 Å². The van der Waals surface area contributed by atoms with Gasteiger partial charge in [0, 0.05) is 17.0 Å². The molecule has 0 bridgehead atoms. The Morgan fingerprint density at radius 2 is 1.92 bits per heavy atom. The molecule has 5 heteroatoms. The van der Waals surface area contributed by atoms with Gasteiger partial charge in [-0.1, -0.05) is 13.8 Å². The standard InChI is InChI=1S/C19H28N4S/c1-3-23(4-2)14-10-8-13(9-11-14)22-18-17-15-6-5-7-16(15)24-19(17)21-12-20-18/h12-14H,3-11H2,1-2H3,(H,20,21,22)/t13-,14-. The van der Waals surface area contributed by atoms with Crippen LogP contribution in [0.4, 0.5) is 5.82 Å². The number of hydrogen-bond donors (Lipinski definition) is 1.